The summed E-state index contributed by atoms with van der Waals surface area (Å²) in [7, 11) is 0. The van der Waals surface area contributed by atoms with Crippen LogP contribution < -0.4 is 5.32 Å². The maximum atomic E-state index is 12.8. The lowest BCUT2D eigenvalue weighted by molar-refractivity contribution is -0.137. The van der Waals surface area contributed by atoms with E-state index in [0.717, 1.165) is 17.7 Å². The molecule has 0 spiro atoms. The summed E-state index contributed by atoms with van der Waals surface area (Å²) in [6, 6.07) is 19.7. The highest BCUT2D eigenvalue weighted by Crippen LogP contribution is 2.14. The third-order valence-electron chi connectivity index (χ3n) is 4.34. The Labute approximate surface area is 166 Å². The van der Waals surface area contributed by atoms with E-state index in [4.69, 9.17) is 0 Å². The highest BCUT2D eigenvalue weighted by molar-refractivity contribution is 7.99. The zero-order valence-electron chi connectivity index (χ0n) is 16.1. The molecule has 1 atom stereocenters. The van der Waals surface area contributed by atoms with Gasteiger partial charge >= 0.3 is 0 Å². The maximum absolute atomic E-state index is 12.8. The van der Waals surface area contributed by atoms with Crippen LogP contribution in [-0.4, -0.2) is 41.6 Å². The van der Waals surface area contributed by atoms with Gasteiger partial charge in [-0.1, -0.05) is 60.7 Å². The fraction of sp³-hybridized carbons (Fsp3) is 0.364. The van der Waals surface area contributed by atoms with E-state index in [9.17, 15) is 9.59 Å². The van der Waals surface area contributed by atoms with Crippen LogP contribution in [-0.2, 0) is 21.8 Å². The molecule has 1 unspecified atom stereocenters. The first-order chi connectivity index (χ1) is 13.1. The maximum Gasteiger partial charge on any atom is 0.242 e. The molecule has 0 bridgehead atoms. The van der Waals surface area contributed by atoms with Crippen molar-refractivity contribution in [3.05, 3.63) is 71.8 Å². The standard InChI is InChI=1S/C22H28N2O2S/c1-3-23-22(26)18(2)24(15-14-19-10-6-4-7-11-19)21(25)17-27-16-20-12-8-5-9-13-20/h4-13,18H,3,14-17H2,1-2H3,(H,23,26). The number of amides is 2. The van der Waals surface area contributed by atoms with Crippen LogP contribution in [0.1, 0.15) is 25.0 Å². The number of hydrogen-bond donors (Lipinski definition) is 1. The predicted molar refractivity (Wildman–Crippen MR) is 113 cm³/mol. The molecule has 144 valence electrons. The lowest BCUT2D eigenvalue weighted by Crippen LogP contribution is -2.49. The van der Waals surface area contributed by atoms with Gasteiger partial charge in [0.05, 0.1) is 5.75 Å². The molecule has 27 heavy (non-hydrogen) atoms. The molecule has 0 aliphatic heterocycles. The number of benzene rings is 2. The van der Waals surface area contributed by atoms with Gasteiger partial charge in [-0.3, -0.25) is 9.59 Å². The van der Waals surface area contributed by atoms with Crippen molar-refractivity contribution in [1.82, 2.24) is 10.2 Å². The van der Waals surface area contributed by atoms with Crippen LogP contribution in [0.3, 0.4) is 0 Å². The highest BCUT2D eigenvalue weighted by Gasteiger charge is 2.25. The SMILES string of the molecule is CCNC(=O)C(C)N(CCc1ccccc1)C(=O)CSCc1ccccc1. The van der Waals surface area contributed by atoms with Gasteiger partial charge in [0.1, 0.15) is 6.04 Å². The molecule has 1 N–H and O–H groups in total. The smallest absolute Gasteiger partial charge is 0.242 e. The summed E-state index contributed by atoms with van der Waals surface area (Å²) in [4.78, 5) is 26.8. The molecule has 0 aliphatic carbocycles. The Morgan fingerprint density at radius 1 is 1.00 bits per heavy atom. The average molecular weight is 385 g/mol. The highest BCUT2D eigenvalue weighted by atomic mass is 32.2. The average Bonchev–Trinajstić information content (AvgIpc) is 2.70. The van der Waals surface area contributed by atoms with Crippen molar-refractivity contribution < 1.29 is 9.59 Å². The topological polar surface area (TPSA) is 49.4 Å². The number of rotatable bonds is 10. The third-order valence-corrected chi connectivity index (χ3v) is 5.33. The Morgan fingerprint density at radius 3 is 2.19 bits per heavy atom. The van der Waals surface area contributed by atoms with Crippen LogP contribution in [0.4, 0.5) is 0 Å². The van der Waals surface area contributed by atoms with Crippen LogP contribution in [0.5, 0.6) is 0 Å². The van der Waals surface area contributed by atoms with Crippen LogP contribution in [0, 0.1) is 0 Å². The number of nitrogens with one attached hydrogen (secondary N) is 1. The molecule has 2 aromatic rings. The Morgan fingerprint density at radius 2 is 1.59 bits per heavy atom. The van der Waals surface area contributed by atoms with E-state index in [1.807, 2.05) is 55.5 Å². The number of carbonyl (C=O) groups is 2. The minimum Gasteiger partial charge on any atom is -0.355 e. The second kappa shape index (κ2) is 11.4. The molecule has 4 nitrogen and oxygen atoms in total. The van der Waals surface area contributed by atoms with Crippen molar-refractivity contribution in [1.29, 1.82) is 0 Å². The molecule has 2 rings (SSSR count). The first kappa shape index (κ1) is 21.0. The van der Waals surface area contributed by atoms with E-state index < -0.39 is 6.04 Å². The van der Waals surface area contributed by atoms with E-state index >= 15 is 0 Å². The van der Waals surface area contributed by atoms with Gasteiger partial charge in [-0.05, 0) is 31.4 Å². The van der Waals surface area contributed by atoms with E-state index in [2.05, 4.69) is 17.4 Å². The second-order valence-corrected chi connectivity index (χ2v) is 7.36. The molecule has 0 saturated carbocycles. The predicted octanol–water partition coefficient (Wildman–Crippen LogP) is 3.52. The molecule has 2 aromatic carbocycles. The summed E-state index contributed by atoms with van der Waals surface area (Å²) in [6.07, 6.45) is 0.736. The van der Waals surface area contributed by atoms with Gasteiger partial charge < -0.3 is 10.2 Å². The quantitative estimate of drug-likeness (QED) is 0.682. The van der Waals surface area contributed by atoms with E-state index in [1.54, 1.807) is 23.6 Å². The Bertz CT molecular complexity index is 707. The Balaban J connectivity index is 1.96. The molecule has 0 radical (unpaired) electrons. The van der Waals surface area contributed by atoms with Crippen molar-refractivity contribution in [2.24, 2.45) is 0 Å². The minimum atomic E-state index is -0.474. The molecule has 0 heterocycles. The first-order valence-corrected chi connectivity index (χ1v) is 10.5. The zero-order valence-corrected chi connectivity index (χ0v) is 16.9. The van der Waals surface area contributed by atoms with Crippen molar-refractivity contribution >= 4 is 23.6 Å². The number of carbonyl (C=O) groups excluding carboxylic acids is 2. The number of hydrogen-bond acceptors (Lipinski definition) is 3. The summed E-state index contributed by atoms with van der Waals surface area (Å²) in [6.45, 7) is 4.78. The zero-order chi connectivity index (χ0) is 19.5. The number of thioether (sulfide) groups is 1. The Hall–Kier alpha value is -2.27. The van der Waals surface area contributed by atoms with Crippen molar-refractivity contribution in [3.63, 3.8) is 0 Å². The molecule has 0 saturated heterocycles. The summed E-state index contributed by atoms with van der Waals surface area (Å²) in [5.74, 6) is 1.06. The van der Waals surface area contributed by atoms with Gasteiger partial charge in [-0.25, -0.2) is 0 Å². The van der Waals surface area contributed by atoms with Crippen LogP contribution in [0.15, 0.2) is 60.7 Å². The second-order valence-electron chi connectivity index (χ2n) is 6.37. The van der Waals surface area contributed by atoms with E-state index in [0.29, 0.717) is 18.8 Å². The molecule has 0 fully saturated rings. The summed E-state index contributed by atoms with van der Waals surface area (Å²) >= 11 is 1.58. The summed E-state index contributed by atoms with van der Waals surface area (Å²) in [5.41, 5.74) is 2.36. The number of nitrogens with zero attached hydrogens (tertiary/aromatic N) is 1. The van der Waals surface area contributed by atoms with Gasteiger partial charge in [0, 0.05) is 18.8 Å². The first-order valence-electron chi connectivity index (χ1n) is 9.34. The van der Waals surface area contributed by atoms with Gasteiger partial charge in [-0.2, -0.15) is 0 Å². The third kappa shape index (κ3) is 7.10. The summed E-state index contributed by atoms with van der Waals surface area (Å²) < 4.78 is 0. The van der Waals surface area contributed by atoms with Gasteiger partial charge in [0.15, 0.2) is 0 Å². The van der Waals surface area contributed by atoms with E-state index in [-0.39, 0.29) is 11.8 Å². The molecule has 5 heteroatoms. The van der Waals surface area contributed by atoms with Crippen LogP contribution in [0.2, 0.25) is 0 Å². The lowest BCUT2D eigenvalue weighted by Gasteiger charge is -2.28. The Kier molecular flexibility index (Phi) is 8.92. The fourth-order valence-electron chi connectivity index (χ4n) is 2.81. The summed E-state index contributed by atoms with van der Waals surface area (Å²) in [5, 5.41) is 2.82. The number of likely N-dealkylation sites (N-methyl/N-ethyl adjacent to an activating group) is 1. The molecular formula is C22H28N2O2S. The largest absolute Gasteiger partial charge is 0.355 e. The van der Waals surface area contributed by atoms with Gasteiger partial charge in [0.2, 0.25) is 11.8 Å². The molecule has 0 aliphatic rings. The monoisotopic (exact) mass is 384 g/mol. The van der Waals surface area contributed by atoms with Gasteiger partial charge in [0.25, 0.3) is 0 Å². The van der Waals surface area contributed by atoms with Crippen LogP contribution >= 0.6 is 11.8 Å². The normalized spacial score (nSPS) is 11.6. The molecule has 2 amide bonds. The van der Waals surface area contributed by atoms with E-state index in [1.165, 1.54) is 5.56 Å². The minimum absolute atomic E-state index is 0.00520. The van der Waals surface area contributed by atoms with Crippen LogP contribution in [0.25, 0.3) is 0 Å². The van der Waals surface area contributed by atoms with Crippen molar-refractivity contribution in [3.8, 4) is 0 Å². The fourth-order valence-corrected chi connectivity index (χ4v) is 3.68. The lowest BCUT2D eigenvalue weighted by atomic mass is 10.1. The van der Waals surface area contributed by atoms with Crippen molar-refractivity contribution in [2.45, 2.75) is 32.1 Å². The van der Waals surface area contributed by atoms with Crippen molar-refractivity contribution in [2.75, 3.05) is 18.8 Å². The molecule has 0 aromatic heterocycles. The molecular weight excluding hydrogens is 356 g/mol. The van der Waals surface area contributed by atoms with Gasteiger partial charge in [-0.15, -0.1) is 11.8 Å².